The van der Waals surface area contributed by atoms with Crippen molar-refractivity contribution in [2.24, 2.45) is 11.0 Å². The Morgan fingerprint density at radius 1 is 1.47 bits per heavy atom. The Bertz CT molecular complexity index is 526. The van der Waals surface area contributed by atoms with E-state index in [1.165, 1.54) is 18.2 Å². The summed E-state index contributed by atoms with van der Waals surface area (Å²) in [6.45, 7) is 0. The van der Waals surface area contributed by atoms with Crippen molar-refractivity contribution in [3.63, 3.8) is 0 Å². The van der Waals surface area contributed by atoms with Crippen LogP contribution >= 0.6 is 11.6 Å². The number of benzene rings is 1. The maximum Gasteiger partial charge on any atom is 0.275 e. The number of hydrogen-bond acceptors (Lipinski definition) is 3. The molecule has 0 aliphatic heterocycles. The first-order chi connectivity index (χ1) is 9.16. The molecule has 1 aliphatic carbocycles. The number of halogens is 1. The molecule has 4 nitrogen and oxygen atoms in total. The average molecular weight is 279 g/mol. The number of aromatic hydroxyl groups is 1. The number of hydrogen-bond donors (Lipinski definition) is 2. The summed E-state index contributed by atoms with van der Waals surface area (Å²) in [6, 6.07) is 4.31. The number of amides is 1. The Hall–Kier alpha value is -1.81. The van der Waals surface area contributed by atoms with Crippen LogP contribution in [0.1, 0.15) is 29.6 Å². The lowest BCUT2D eigenvalue weighted by molar-refractivity contribution is 0.0952. The molecule has 5 heteroatoms. The first-order valence-electron chi connectivity index (χ1n) is 6.14. The first kappa shape index (κ1) is 13.6. The van der Waals surface area contributed by atoms with E-state index in [1.807, 2.05) is 0 Å². The van der Waals surface area contributed by atoms with E-state index in [4.69, 9.17) is 11.6 Å². The second kappa shape index (κ2) is 6.38. The van der Waals surface area contributed by atoms with E-state index in [9.17, 15) is 9.90 Å². The number of carbonyl (C=O) groups excluding carboxylic acids is 1. The summed E-state index contributed by atoms with van der Waals surface area (Å²) in [5.74, 6) is -0.224. The molecule has 0 fully saturated rings. The van der Waals surface area contributed by atoms with Gasteiger partial charge >= 0.3 is 0 Å². The van der Waals surface area contributed by atoms with Gasteiger partial charge in [0.2, 0.25) is 0 Å². The molecule has 0 saturated heterocycles. The highest BCUT2D eigenvalue weighted by Crippen LogP contribution is 2.21. The number of phenolic OH excluding ortho intramolecular Hbond substituents is 1. The van der Waals surface area contributed by atoms with Gasteiger partial charge in [0.1, 0.15) is 5.75 Å². The number of carbonyl (C=O) groups is 1. The largest absolute Gasteiger partial charge is 0.507 e. The Morgan fingerprint density at radius 2 is 2.32 bits per heavy atom. The van der Waals surface area contributed by atoms with Gasteiger partial charge in [-0.25, -0.2) is 5.43 Å². The Balaban J connectivity index is 1.95. The van der Waals surface area contributed by atoms with E-state index in [-0.39, 0.29) is 11.3 Å². The van der Waals surface area contributed by atoms with E-state index in [2.05, 4.69) is 22.7 Å². The van der Waals surface area contributed by atoms with Crippen molar-refractivity contribution in [2.45, 2.75) is 19.3 Å². The lowest BCUT2D eigenvalue weighted by Gasteiger charge is -2.11. The van der Waals surface area contributed by atoms with Gasteiger partial charge in [-0.15, -0.1) is 0 Å². The van der Waals surface area contributed by atoms with Gasteiger partial charge in [0, 0.05) is 11.2 Å². The molecule has 1 aromatic rings. The SMILES string of the molecule is O=C(NN=CC1CC=CCC1)c1cc(Cl)ccc1O. The summed E-state index contributed by atoms with van der Waals surface area (Å²) in [6.07, 6.45) is 9.03. The van der Waals surface area contributed by atoms with Crippen LogP contribution in [0.25, 0.3) is 0 Å². The molecule has 100 valence electrons. The number of nitrogens with one attached hydrogen (secondary N) is 1. The van der Waals surface area contributed by atoms with Crippen molar-refractivity contribution in [3.8, 4) is 5.75 Å². The molecule has 0 radical (unpaired) electrons. The fourth-order valence-corrected chi connectivity index (χ4v) is 2.08. The number of hydrazone groups is 1. The van der Waals surface area contributed by atoms with Crippen LogP contribution in [0.3, 0.4) is 0 Å². The van der Waals surface area contributed by atoms with Crippen LogP contribution in [0.5, 0.6) is 5.75 Å². The van der Waals surface area contributed by atoms with Crippen LogP contribution in [0.4, 0.5) is 0 Å². The monoisotopic (exact) mass is 278 g/mol. The van der Waals surface area contributed by atoms with Gasteiger partial charge < -0.3 is 5.11 Å². The van der Waals surface area contributed by atoms with Crippen molar-refractivity contribution in [3.05, 3.63) is 40.9 Å². The normalized spacial score (nSPS) is 18.7. The van der Waals surface area contributed by atoms with E-state index in [1.54, 1.807) is 6.21 Å². The van der Waals surface area contributed by atoms with Crippen LogP contribution in [0, 0.1) is 5.92 Å². The zero-order chi connectivity index (χ0) is 13.7. The maximum atomic E-state index is 11.8. The van der Waals surface area contributed by atoms with Crippen molar-refractivity contribution < 1.29 is 9.90 Å². The Morgan fingerprint density at radius 3 is 3.05 bits per heavy atom. The van der Waals surface area contributed by atoms with Gasteiger partial charge in [0.15, 0.2) is 0 Å². The number of rotatable bonds is 3. The van der Waals surface area contributed by atoms with E-state index in [0.29, 0.717) is 10.9 Å². The second-order valence-corrected chi connectivity index (χ2v) is 4.86. The summed E-state index contributed by atoms with van der Waals surface area (Å²) in [4.78, 5) is 11.8. The minimum absolute atomic E-state index is 0.113. The van der Waals surface area contributed by atoms with Crippen LogP contribution in [-0.4, -0.2) is 17.2 Å². The van der Waals surface area contributed by atoms with Crippen molar-refractivity contribution in [1.29, 1.82) is 0 Å². The predicted octanol–water partition coefficient (Wildman–Crippen LogP) is 3.12. The van der Waals surface area contributed by atoms with Gasteiger partial charge in [-0.3, -0.25) is 4.79 Å². The summed E-state index contributed by atoms with van der Waals surface area (Å²) in [7, 11) is 0. The third-order valence-corrected chi connectivity index (χ3v) is 3.20. The fourth-order valence-electron chi connectivity index (χ4n) is 1.90. The predicted molar refractivity (Wildman–Crippen MR) is 75.6 cm³/mol. The molecular formula is C14H15ClN2O2. The van der Waals surface area contributed by atoms with Crippen LogP contribution in [0.15, 0.2) is 35.5 Å². The fraction of sp³-hybridized carbons (Fsp3) is 0.286. The number of nitrogens with zero attached hydrogens (tertiary/aromatic N) is 1. The molecular weight excluding hydrogens is 264 g/mol. The third kappa shape index (κ3) is 3.83. The second-order valence-electron chi connectivity index (χ2n) is 4.43. The molecule has 0 heterocycles. The minimum Gasteiger partial charge on any atom is -0.507 e. The van der Waals surface area contributed by atoms with E-state index >= 15 is 0 Å². The molecule has 1 amide bonds. The lowest BCUT2D eigenvalue weighted by Crippen LogP contribution is -2.19. The Kier molecular flexibility index (Phi) is 4.58. The lowest BCUT2D eigenvalue weighted by atomic mass is 9.96. The van der Waals surface area contributed by atoms with Crippen LogP contribution in [-0.2, 0) is 0 Å². The summed E-state index contributed by atoms with van der Waals surface area (Å²) >= 11 is 5.78. The number of allylic oxidation sites excluding steroid dienone is 2. The van der Waals surface area contributed by atoms with E-state index in [0.717, 1.165) is 19.3 Å². The van der Waals surface area contributed by atoms with Crippen molar-refractivity contribution in [2.75, 3.05) is 0 Å². The molecule has 1 aromatic carbocycles. The Labute approximate surface area is 116 Å². The molecule has 0 saturated carbocycles. The average Bonchev–Trinajstić information content (AvgIpc) is 2.42. The molecule has 2 rings (SSSR count). The highest BCUT2D eigenvalue weighted by Gasteiger charge is 2.11. The van der Waals surface area contributed by atoms with E-state index < -0.39 is 5.91 Å². The van der Waals surface area contributed by atoms with Crippen molar-refractivity contribution in [1.82, 2.24) is 5.43 Å². The summed E-state index contributed by atoms with van der Waals surface area (Å²) in [5.41, 5.74) is 2.52. The summed E-state index contributed by atoms with van der Waals surface area (Å²) < 4.78 is 0. The van der Waals surface area contributed by atoms with Gasteiger partial charge in [-0.1, -0.05) is 23.8 Å². The molecule has 1 unspecified atom stereocenters. The summed E-state index contributed by atoms with van der Waals surface area (Å²) in [5, 5.41) is 13.9. The maximum absolute atomic E-state index is 11.8. The molecule has 2 N–H and O–H groups in total. The molecule has 0 spiro atoms. The number of phenols is 1. The van der Waals surface area contributed by atoms with Crippen molar-refractivity contribution >= 4 is 23.7 Å². The zero-order valence-electron chi connectivity index (χ0n) is 10.3. The van der Waals surface area contributed by atoms with Gasteiger partial charge in [-0.05, 0) is 43.4 Å². The first-order valence-corrected chi connectivity index (χ1v) is 6.51. The zero-order valence-corrected chi connectivity index (χ0v) is 11.1. The molecule has 0 bridgehead atoms. The molecule has 19 heavy (non-hydrogen) atoms. The molecule has 0 aromatic heterocycles. The van der Waals surface area contributed by atoms with Crippen LogP contribution in [0.2, 0.25) is 5.02 Å². The highest BCUT2D eigenvalue weighted by molar-refractivity contribution is 6.31. The molecule has 1 aliphatic rings. The smallest absolute Gasteiger partial charge is 0.275 e. The van der Waals surface area contributed by atoms with Gasteiger partial charge in [0.25, 0.3) is 5.91 Å². The van der Waals surface area contributed by atoms with Crippen LogP contribution < -0.4 is 5.43 Å². The molecule has 1 atom stereocenters. The standard InChI is InChI=1S/C14H15ClN2O2/c15-11-6-7-13(18)12(8-11)14(19)17-16-9-10-4-2-1-3-5-10/h1-2,6-10,18H,3-5H2,(H,17,19). The van der Waals surface area contributed by atoms with Gasteiger partial charge in [-0.2, -0.15) is 5.10 Å². The minimum atomic E-state index is -0.470. The topological polar surface area (TPSA) is 61.7 Å². The van der Waals surface area contributed by atoms with Gasteiger partial charge in [0.05, 0.1) is 5.56 Å². The quantitative estimate of drug-likeness (QED) is 0.507. The highest BCUT2D eigenvalue weighted by atomic mass is 35.5. The third-order valence-electron chi connectivity index (χ3n) is 2.96.